The van der Waals surface area contributed by atoms with Gasteiger partial charge >= 0.3 is 0 Å². The number of rotatable bonds is 2. The molecule has 0 aliphatic carbocycles. The standard InChI is InChI=1S/C20H24N2O2/c1-12-5-6-13(2)15(9-12)19(23)22-17-11-20(3,4)24-18-8-7-14(21)10-16(17)18/h5-10,17H,11,21H2,1-4H3,(H,22,23). The predicted octanol–water partition coefficient (Wildman–Crippen LogP) is 3.92. The number of hydrogen-bond acceptors (Lipinski definition) is 3. The van der Waals surface area contributed by atoms with Gasteiger partial charge in [0.1, 0.15) is 11.4 Å². The molecule has 2 aromatic carbocycles. The molecule has 0 saturated heterocycles. The monoisotopic (exact) mass is 324 g/mol. The number of ether oxygens (including phenoxy) is 1. The first kappa shape index (κ1) is 16.4. The summed E-state index contributed by atoms with van der Waals surface area (Å²) in [5, 5.41) is 3.17. The van der Waals surface area contributed by atoms with Gasteiger partial charge in [-0.2, -0.15) is 0 Å². The molecule has 3 rings (SSSR count). The molecule has 0 spiro atoms. The molecule has 1 aliphatic rings. The third-order valence-corrected chi connectivity index (χ3v) is 4.43. The molecule has 1 unspecified atom stereocenters. The summed E-state index contributed by atoms with van der Waals surface area (Å²) in [6.45, 7) is 8.00. The number of anilines is 1. The van der Waals surface area contributed by atoms with E-state index in [1.807, 2.05) is 64.1 Å². The van der Waals surface area contributed by atoms with Crippen LogP contribution >= 0.6 is 0 Å². The van der Waals surface area contributed by atoms with E-state index in [1.165, 1.54) is 0 Å². The number of hydrogen-bond donors (Lipinski definition) is 2. The van der Waals surface area contributed by atoms with Crippen molar-refractivity contribution in [2.24, 2.45) is 0 Å². The average molecular weight is 324 g/mol. The normalized spacial score (nSPS) is 18.4. The van der Waals surface area contributed by atoms with Gasteiger partial charge in [-0.1, -0.05) is 17.7 Å². The molecule has 1 amide bonds. The van der Waals surface area contributed by atoms with E-state index in [0.29, 0.717) is 17.7 Å². The number of benzene rings is 2. The molecular weight excluding hydrogens is 300 g/mol. The molecule has 24 heavy (non-hydrogen) atoms. The van der Waals surface area contributed by atoms with Crippen molar-refractivity contribution >= 4 is 11.6 Å². The van der Waals surface area contributed by atoms with E-state index >= 15 is 0 Å². The highest BCUT2D eigenvalue weighted by Gasteiger charge is 2.34. The van der Waals surface area contributed by atoms with Gasteiger partial charge in [-0.05, 0) is 57.5 Å². The summed E-state index contributed by atoms with van der Waals surface area (Å²) in [6.07, 6.45) is 0.695. The molecule has 126 valence electrons. The Hall–Kier alpha value is -2.49. The lowest BCUT2D eigenvalue weighted by atomic mass is 9.89. The van der Waals surface area contributed by atoms with Gasteiger partial charge in [0.15, 0.2) is 0 Å². The molecule has 0 aromatic heterocycles. The number of fused-ring (bicyclic) bond motifs is 1. The summed E-state index contributed by atoms with van der Waals surface area (Å²) in [7, 11) is 0. The minimum Gasteiger partial charge on any atom is -0.487 e. The van der Waals surface area contributed by atoms with Crippen molar-refractivity contribution in [3.05, 3.63) is 58.7 Å². The highest BCUT2D eigenvalue weighted by atomic mass is 16.5. The van der Waals surface area contributed by atoms with Crippen molar-refractivity contribution in [2.75, 3.05) is 5.73 Å². The second-order valence-corrected chi connectivity index (χ2v) is 7.21. The number of nitrogen functional groups attached to an aromatic ring is 1. The lowest BCUT2D eigenvalue weighted by Gasteiger charge is -2.38. The van der Waals surface area contributed by atoms with Gasteiger partial charge in [0, 0.05) is 23.2 Å². The third-order valence-electron chi connectivity index (χ3n) is 4.43. The smallest absolute Gasteiger partial charge is 0.252 e. The van der Waals surface area contributed by atoms with Crippen molar-refractivity contribution in [3.8, 4) is 5.75 Å². The Morgan fingerprint density at radius 1 is 1.21 bits per heavy atom. The molecule has 0 fully saturated rings. The van der Waals surface area contributed by atoms with E-state index in [9.17, 15) is 4.79 Å². The summed E-state index contributed by atoms with van der Waals surface area (Å²) in [6, 6.07) is 11.4. The molecule has 1 aliphatic heterocycles. The van der Waals surface area contributed by atoms with Gasteiger partial charge in [0.2, 0.25) is 0 Å². The van der Waals surface area contributed by atoms with Crippen LogP contribution in [0.3, 0.4) is 0 Å². The largest absolute Gasteiger partial charge is 0.487 e. The molecule has 4 heteroatoms. The van der Waals surface area contributed by atoms with E-state index in [2.05, 4.69) is 5.32 Å². The van der Waals surface area contributed by atoms with Gasteiger partial charge < -0.3 is 15.8 Å². The number of aryl methyl sites for hydroxylation is 2. The van der Waals surface area contributed by atoms with Gasteiger partial charge in [-0.15, -0.1) is 0 Å². The van der Waals surface area contributed by atoms with Gasteiger partial charge in [0.25, 0.3) is 5.91 Å². The zero-order chi connectivity index (χ0) is 17.5. The lowest BCUT2D eigenvalue weighted by Crippen LogP contribution is -2.41. The maximum atomic E-state index is 12.8. The molecule has 0 saturated carbocycles. The number of nitrogens with two attached hydrogens (primary N) is 1. The highest BCUT2D eigenvalue weighted by Crippen LogP contribution is 2.40. The van der Waals surface area contributed by atoms with E-state index in [4.69, 9.17) is 10.5 Å². The van der Waals surface area contributed by atoms with E-state index in [1.54, 1.807) is 0 Å². The molecule has 1 atom stereocenters. The fourth-order valence-corrected chi connectivity index (χ4v) is 3.22. The fourth-order valence-electron chi connectivity index (χ4n) is 3.22. The zero-order valence-electron chi connectivity index (χ0n) is 14.6. The Balaban J connectivity index is 1.93. The van der Waals surface area contributed by atoms with E-state index in [-0.39, 0.29) is 17.6 Å². The first-order valence-corrected chi connectivity index (χ1v) is 8.22. The molecule has 2 aromatic rings. The van der Waals surface area contributed by atoms with E-state index in [0.717, 1.165) is 22.4 Å². The van der Waals surface area contributed by atoms with E-state index < -0.39 is 0 Å². The van der Waals surface area contributed by atoms with Gasteiger partial charge in [-0.25, -0.2) is 0 Å². The minimum absolute atomic E-state index is 0.0627. The maximum Gasteiger partial charge on any atom is 0.252 e. The Morgan fingerprint density at radius 3 is 2.71 bits per heavy atom. The van der Waals surface area contributed by atoms with Crippen molar-refractivity contribution in [2.45, 2.75) is 45.8 Å². The Morgan fingerprint density at radius 2 is 1.96 bits per heavy atom. The number of nitrogens with one attached hydrogen (secondary N) is 1. The van der Waals surface area contributed by atoms with Crippen LogP contribution < -0.4 is 15.8 Å². The van der Waals surface area contributed by atoms with Gasteiger partial charge in [-0.3, -0.25) is 4.79 Å². The maximum absolute atomic E-state index is 12.8. The second kappa shape index (κ2) is 5.86. The van der Waals surface area contributed by atoms with Crippen LogP contribution in [0.5, 0.6) is 5.75 Å². The molecule has 4 nitrogen and oxygen atoms in total. The fraction of sp³-hybridized carbons (Fsp3) is 0.350. The van der Waals surface area contributed by atoms with Crippen LogP contribution in [0.1, 0.15) is 53.4 Å². The zero-order valence-corrected chi connectivity index (χ0v) is 14.6. The third kappa shape index (κ3) is 3.23. The van der Waals surface area contributed by atoms with Crippen LogP contribution in [0.2, 0.25) is 0 Å². The van der Waals surface area contributed by atoms with Crippen LogP contribution in [-0.4, -0.2) is 11.5 Å². The Labute approximate surface area is 143 Å². The summed E-state index contributed by atoms with van der Waals surface area (Å²) >= 11 is 0. The number of amides is 1. The SMILES string of the molecule is Cc1ccc(C)c(C(=O)NC2CC(C)(C)Oc3ccc(N)cc32)c1. The lowest BCUT2D eigenvalue weighted by molar-refractivity contribution is 0.0620. The topological polar surface area (TPSA) is 64.3 Å². The van der Waals surface area contributed by atoms with Crippen LogP contribution in [0.15, 0.2) is 36.4 Å². The van der Waals surface area contributed by atoms with Crippen molar-refractivity contribution in [1.82, 2.24) is 5.32 Å². The number of carbonyl (C=O) groups is 1. The molecule has 0 bridgehead atoms. The van der Waals surface area contributed by atoms with Crippen LogP contribution in [0.25, 0.3) is 0 Å². The summed E-state index contributed by atoms with van der Waals surface area (Å²) < 4.78 is 6.03. The first-order valence-electron chi connectivity index (χ1n) is 8.22. The van der Waals surface area contributed by atoms with Crippen molar-refractivity contribution < 1.29 is 9.53 Å². The molecular formula is C20H24N2O2. The molecule has 1 heterocycles. The van der Waals surface area contributed by atoms with Crippen LogP contribution in [0.4, 0.5) is 5.69 Å². The van der Waals surface area contributed by atoms with Crippen LogP contribution in [0, 0.1) is 13.8 Å². The molecule has 0 radical (unpaired) electrons. The average Bonchev–Trinajstić information content (AvgIpc) is 2.49. The van der Waals surface area contributed by atoms with Gasteiger partial charge in [0.05, 0.1) is 6.04 Å². The Bertz CT molecular complexity index is 796. The van der Waals surface area contributed by atoms with Crippen molar-refractivity contribution in [1.29, 1.82) is 0 Å². The second-order valence-electron chi connectivity index (χ2n) is 7.21. The highest BCUT2D eigenvalue weighted by molar-refractivity contribution is 5.96. The van der Waals surface area contributed by atoms with Crippen molar-refractivity contribution in [3.63, 3.8) is 0 Å². The first-order chi connectivity index (χ1) is 11.2. The Kier molecular flexibility index (Phi) is 3.99. The molecule has 3 N–H and O–H groups in total. The summed E-state index contributed by atoms with van der Waals surface area (Å²) in [5.41, 5.74) is 9.95. The summed E-state index contributed by atoms with van der Waals surface area (Å²) in [5.74, 6) is 0.721. The predicted molar refractivity (Wildman–Crippen MR) is 96.3 cm³/mol. The number of carbonyl (C=O) groups excluding carboxylic acids is 1. The van der Waals surface area contributed by atoms with Crippen LogP contribution in [-0.2, 0) is 0 Å². The minimum atomic E-state index is -0.345. The summed E-state index contributed by atoms with van der Waals surface area (Å²) in [4.78, 5) is 12.8. The quantitative estimate of drug-likeness (QED) is 0.823.